The molecular weight excluding hydrogens is 324 g/mol. The van der Waals surface area contributed by atoms with E-state index >= 15 is 0 Å². The summed E-state index contributed by atoms with van der Waals surface area (Å²) in [7, 11) is 0. The SMILES string of the molecule is N#CC1(c2ccccc2)CCN(CCC2CC3(CCCC3=O)CO2)CC1. The molecule has 2 saturated heterocycles. The van der Waals surface area contributed by atoms with Gasteiger partial charge < -0.3 is 9.64 Å². The van der Waals surface area contributed by atoms with Crippen molar-refractivity contribution in [1.29, 1.82) is 5.26 Å². The van der Waals surface area contributed by atoms with E-state index in [9.17, 15) is 10.1 Å². The van der Waals surface area contributed by atoms with Gasteiger partial charge in [0.1, 0.15) is 5.78 Å². The molecule has 1 aromatic carbocycles. The van der Waals surface area contributed by atoms with Crippen LogP contribution in [0.3, 0.4) is 0 Å². The van der Waals surface area contributed by atoms with Crippen molar-refractivity contribution in [2.45, 2.75) is 56.5 Å². The summed E-state index contributed by atoms with van der Waals surface area (Å²) in [5.41, 5.74) is 0.681. The number of ketones is 1. The van der Waals surface area contributed by atoms with Gasteiger partial charge in [-0.2, -0.15) is 5.26 Å². The summed E-state index contributed by atoms with van der Waals surface area (Å²) >= 11 is 0. The number of rotatable bonds is 4. The van der Waals surface area contributed by atoms with Gasteiger partial charge in [-0.3, -0.25) is 4.79 Å². The molecule has 4 nitrogen and oxygen atoms in total. The van der Waals surface area contributed by atoms with Crippen LogP contribution in [0.2, 0.25) is 0 Å². The zero-order valence-corrected chi connectivity index (χ0v) is 15.5. The molecule has 4 heteroatoms. The van der Waals surface area contributed by atoms with Crippen LogP contribution < -0.4 is 0 Å². The van der Waals surface area contributed by atoms with Crippen molar-refractivity contribution >= 4 is 5.78 Å². The second-order valence-corrected chi connectivity index (χ2v) is 8.38. The van der Waals surface area contributed by atoms with E-state index in [1.165, 1.54) is 0 Å². The highest BCUT2D eigenvalue weighted by molar-refractivity contribution is 5.87. The van der Waals surface area contributed by atoms with Crippen molar-refractivity contribution in [2.75, 3.05) is 26.2 Å². The first-order chi connectivity index (χ1) is 12.7. The Balaban J connectivity index is 1.28. The van der Waals surface area contributed by atoms with Crippen molar-refractivity contribution in [3.05, 3.63) is 35.9 Å². The van der Waals surface area contributed by atoms with E-state index in [1.807, 2.05) is 18.2 Å². The van der Waals surface area contributed by atoms with Gasteiger partial charge in [-0.05, 0) is 57.2 Å². The Bertz CT molecular complexity index is 688. The van der Waals surface area contributed by atoms with Gasteiger partial charge in [0.05, 0.1) is 29.6 Å². The molecule has 2 unspecified atom stereocenters. The molecule has 1 aliphatic carbocycles. The first-order valence-corrected chi connectivity index (χ1v) is 10.00. The summed E-state index contributed by atoms with van der Waals surface area (Å²) in [6.45, 7) is 3.56. The van der Waals surface area contributed by atoms with E-state index in [0.717, 1.165) is 70.1 Å². The molecule has 0 bridgehead atoms. The standard InChI is InChI=1S/C22H28N2O2/c23-16-21(18-5-2-1-3-6-18)10-13-24(14-11-21)12-8-19-15-22(17-26-19)9-4-7-20(22)25/h1-3,5-6,19H,4,7-15,17H2. The number of nitriles is 1. The zero-order chi connectivity index (χ0) is 18.0. The van der Waals surface area contributed by atoms with E-state index in [-0.39, 0.29) is 16.9 Å². The lowest BCUT2D eigenvalue weighted by molar-refractivity contribution is -0.125. The Hall–Kier alpha value is -1.70. The maximum Gasteiger partial charge on any atom is 0.141 e. The van der Waals surface area contributed by atoms with Crippen molar-refractivity contribution < 1.29 is 9.53 Å². The number of ether oxygens (including phenoxy) is 1. The Morgan fingerprint density at radius 3 is 2.62 bits per heavy atom. The third-order valence-electron chi connectivity index (χ3n) is 6.88. The minimum atomic E-state index is -0.331. The summed E-state index contributed by atoms with van der Waals surface area (Å²) in [4.78, 5) is 14.6. The van der Waals surface area contributed by atoms with Gasteiger partial charge in [0.2, 0.25) is 0 Å². The fraction of sp³-hybridized carbons (Fsp3) is 0.636. The quantitative estimate of drug-likeness (QED) is 0.833. The number of benzene rings is 1. The monoisotopic (exact) mass is 352 g/mol. The van der Waals surface area contributed by atoms with Crippen molar-refractivity contribution in [1.82, 2.24) is 4.90 Å². The smallest absolute Gasteiger partial charge is 0.141 e. The van der Waals surface area contributed by atoms with Gasteiger partial charge in [0.15, 0.2) is 0 Å². The average molecular weight is 352 g/mol. The average Bonchev–Trinajstić information content (AvgIpc) is 3.28. The molecule has 26 heavy (non-hydrogen) atoms. The number of nitrogens with zero attached hydrogens (tertiary/aromatic N) is 2. The number of carbonyl (C=O) groups excluding carboxylic acids is 1. The van der Waals surface area contributed by atoms with Crippen LogP contribution in [0, 0.1) is 16.7 Å². The third kappa shape index (κ3) is 3.19. The van der Waals surface area contributed by atoms with Gasteiger partial charge in [-0.25, -0.2) is 0 Å². The van der Waals surface area contributed by atoms with Gasteiger partial charge in [0.25, 0.3) is 0 Å². The Morgan fingerprint density at radius 1 is 1.19 bits per heavy atom. The maximum atomic E-state index is 12.2. The van der Waals surface area contributed by atoms with Gasteiger partial charge in [-0.15, -0.1) is 0 Å². The van der Waals surface area contributed by atoms with Crippen molar-refractivity contribution in [3.8, 4) is 6.07 Å². The fourth-order valence-electron chi connectivity index (χ4n) is 5.08. The molecular formula is C22H28N2O2. The topological polar surface area (TPSA) is 53.3 Å². The summed E-state index contributed by atoms with van der Waals surface area (Å²) in [5.74, 6) is 0.430. The second-order valence-electron chi connectivity index (χ2n) is 8.38. The molecule has 2 heterocycles. The number of hydrogen-bond donors (Lipinski definition) is 0. The molecule has 1 saturated carbocycles. The summed E-state index contributed by atoms with van der Waals surface area (Å²) in [6, 6.07) is 12.8. The Labute approximate surface area is 156 Å². The summed E-state index contributed by atoms with van der Waals surface area (Å²) in [5, 5.41) is 9.81. The summed E-state index contributed by atoms with van der Waals surface area (Å²) in [6.07, 6.45) is 6.74. The maximum absolute atomic E-state index is 12.2. The summed E-state index contributed by atoms with van der Waals surface area (Å²) < 4.78 is 5.98. The number of likely N-dealkylation sites (tertiary alicyclic amines) is 1. The van der Waals surface area contributed by atoms with E-state index in [2.05, 4.69) is 23.1 Å². The molecule has 0 aromatic heterocycles. The van der Waals surface area contributed by atoms with Crippen LogP contribution in [0.4, 0.5) is 0 Å². The molecule has 2 atom stereocenters. The van der Waals surface area contributed by atoms with Gasteiger partial charge in [0, 0.05) is 13.0 Å². The highest BCUT2D eigenvalue weighted by Gasteiger charge is 2.48. The lowest BCUT2D eigenvalue weighted by atomic mass is 9.74. The molecule has 4 rings (SSSR count). The van der Waals surface area contributed by atoms with E-state index < -0.39 is 0 Å². The van der Waals surface area contributed by atoms with Crippen molar-refractivity contribution in [2.24, 2.45) is 5.41 Å². The number of piperidine rings is 1. The number of carbonyl (C=O) groups is 1. The third-order valence-corrected chi connectivity index (χ3v) is 6.88. The Kier molecular flexibility index (Phi) is 4.86. The molecule has 2 aliphatic heterocycles. The van der Waals surface area contributed by atoms with E-state index in [0.29, 0.717) is 12.4 Å². The largest absolute Gasteiger partial charge is 0.377 e. The van der Waals surface area contributed by atoms with Gasteiger partial charge >= 0.3 is 0 Å². The van der Waals surface area contributed by atoms with Crippen LogP contribution in [0.5, 0.6) is 0 Å². The number of hydrogen-bond acceptors (Lipinski definition) is 4. The number of Topliss-reactive ketones (excluding diaryl/α,β-unsaturated/α-hetero) is 1. The molecule has 1 spiro atoms. The van der Waals surface area contributed by atoms with E-state index in [1.54, 1.807) is 0 Å². The minimum absolute atomic E-state index is 0.143. The molecule has 3 aliphatic rings. The van der Waals surface area contributed by atoms with E-state index in [4.69, 9.17) is 4.74 Å². The zero-order valence-electron chi connectivity index (χ0n) is 15.5. The van der Waals surface area contributed by atoms with Crippen LogP contribution >= 0.6 is 0 Å². The van der Waals surface area contributed by atoms with Crippen LogP contribution in [0.15, 0.2) is 30.3 Å². The highest BCUT2D eigenvalue weighted by Crippen LogP contribution is 2.45. The van der Waals surface area contributed by atoms with Crippen LogP contribution in [0.25, 0.3) is 0 Å². The van der Waals surface area contributed by atoms with Crippen LogP contribution in [-0.4, -0.2) is 43.0 Å². The lowest BCUT2D eigenvalue weighted by Gasteiger charge is -2.38. The first kappa shape index (κ1) is 17.7. The van der Waals surface area contributed by atoms with Crippen LogP contribution in [-0.2, 0) is 14.9 Å². The van der Waals surface area contributed by atoms with Crippen molar-refractivity contribution in [3.63, 3.8) is 0 Å². The Morgan fingerprint density at radius 2 is 1.96 bits per heavy atom. The second kappa shape index (κ2) is 7.13. The minimum Gasteiger partial charge on any atom is -0.377 e. The van der Waals surface area contributed by atoms with Gasteiger partial charge in [-0.1, -0.05) is 30.3 Å². The predicted molar refractivity (Wildman–Crippen MR) is 99.7 cm³/mol. The normalized spacial score (nSPS) is 31.3. The molecule has 0 N–H and O–H groups in total. The molecule has 0 radical (unpaired) electrons. The first-order valence-electron chi connectivity index (χ1n) is 10.00. The lowest BCUT2D eigenvalue weighted by Crippen LogP contribution is -2.42. The molecule has 138 valence electrons. The fourth-order valence-corrected chi connectivity index (χ4v) is 5.08. The molecule has 0 amide bonds. The predicted octanol–water partition coefficient (Wildman–Crippen LogP) is 3.46. The highest BCUT2D eigenvalue weighted by atomic mass is 16.5. The van der Waals surface area contributed by atoms with Crippen LogP contribution in [0.1, 0.15) is 50.5 Å². The molecule has 3 fully saturated rings. The molecule has 1 aromatic rings.